The summed E-state index contributed by atoms with van der Waals surface area (Å²) in [6.45, 7) is 6.14. The number of hydrogen-bond donors (Lipinski definition) is 1. The smallest absolute Gasteiger partial charge is 0.119 e. The lowest BCUT2D eigenvalue weighted by Gasteiger charge is -2.22. The summed E-state index contributed by atoms with van der Waals surface area (Å²) in [5.74, 6) is 1.56. The third-order valence-corrected chi connectivity index (χ3v) is 3.93. The van der Waals surface area contributed by atoms with Crippen LogP contribution in [0.1, 0.15) is 57.4 Å². The second-order valence-corrected chi connectivity index (χ2v) is 5.86. The highest BCUT2D eigenvalue weighted by atomic mass is 16.5. The van der Waals surface area contributed by atoms with Gasteiger partial charge in [0.2, 0.25) is 0 Å². The maximum absolute atomic E-state index is 5.83. The number of rotatable bonds is 6. The summed E-state index contributed by atoms with van der Waals surface area (Å²) in [5.41, 5.74) is 1.35. The van der Waals surface area contributed by atoms with Crippen molar-refractivity contribution in [3.05, 3.63) is 29.8 Å². The molecule has 0 atom stereocenters. The van der Waals surface area contributed by atoms with Gasteiger partial charge in [0.15, 0.2) is 0 Å². The minimum Gasteiger partial charge on any atom is -0.492 e. The Labute approximate surface area is 117 Å². The number of ether oxygens (including phenoxy) is 1. The summed E-state index contributed by atoms with van der Waals surface area (Å²) in [4.78, 5) is 0. The fourth-order valence-corrected chi connectivity index (χ4v) is 2.70. The highest BCUT2D eigenvalue weighted by Gasteiger charge is 2.11. The van der Waals surface area contributed by atoms with E-state index in [1.807, 2.05) is 6.07 Å². The van der Waals surface area contributed by atoms with Gasteiger partial charge in [-0.05, 0) is 36.5 Å². The summed E-state index contributed by atoms with van der Waals surface area (Å²) < 4.78 is 5.83. The SMILES string of the molecule is CC(C)c1cccc(OCCNC2CCCCC2)c1. The van der Waals surface area contributed by atoms with E-state index in [2.05, 4.69) is 37.4 Å². The van der Waals surface area contributed by atoms with Gasteiger partial charge < -0.3 is 10.1 Å². The molecule has 2 rings (SSSR count). The summed E-state index contributed by atoms with van der Waals surface area (Å²) in [6.07, 6.45) is 6.85. The van der Waals surface area contributed by atoms with Crippen molar-refractivity contribution in [2.45, 2.75) is 57.9 Å². The van der Waals surface area contributed by atoms with Crippen molar-refractivity contribution >= 4 is 0 Å². The van der Waals surface area contributed by atoms with Crippen LogP contribution in [0.2, 0.25) is 0 Å². The van der Waals surface area contributed by atoms with Gasteiger partial charge in [-0.15, -0.1) is 0 Å². The molecule has 1 aromatic carbocycles. The van der Waals surface area contributed by atoms with E-state index in [0.717, 1.165) is 24.9 Å². The number of benzene rings is 1. The normalized spacial score (nSPS) is 16.8. The summed E-state index contributed by atoms with van der Waals surface area (Å²) >= 11 is 0. The Bertz CT molecular complexity index is 369. The lowest BCUT2D eigenvalue weighted by molar-refractivity contribution is 0.289. The second kappa shape index (κ2) is 7.54. The van der Waals surface area contributed by atoms with Gasteiger partial charge in [-0.1, -0.05) is 45.2 Å². The Balaban J connectivity index is 1.68. The summed E-state index contributed by atoms with van der Waals surface area (Å²) in [6, 6.07) is 9.17. The van der Waals surface area contributed by atoms with E-state index in [-0.39, 0.29) is 0 Å². The minimum absolute atomic E-state index is 0.559. The van der Waals surface area contributed by atoms with Gasteiger partial charge in [-0.3, -0.25) is 0 Å². The zero-order chi connectivity index (χ0) is 13.5. The average Bonchev–Trinajstić information content (AvgIpc) is 2.45. The molecule has 0 unspecified atom stereocenters. The fourth-order valence-electron chi connectivity index (χ4n) is 2.70. The molecule has 2 heteroatoms. The molecule has 0 radical (unpaired) electrons. The van der Waals surface area contributed by atoms with E-state index < -0.39 is 0 Å². The van der Waals surface area contributed by atoms with Gasteiger partial charge in [0.05, 0.1) is 0 Å². The minimum atomic E-state index is 0.559. The maximum atomic E-state index is 5.83. The molecule has 0 spiro atoms. The zero-order valence-electron chi connectivity index (χ0n) is 12.3. The van der Waals surface area contributed by atoms with Gasteiger partial charge in [0.1, 0.15) is 12.4 Å². The summed E-state index contributed by atoms with van der Waals surface area (Å²) in [7, 11) is 0. The average molecular weight is 261 g/mol. The van der Waals surface area contributed by atoms with E-state index >= 15 is 0 Å². The third-order valence-electron chi connectivity index (χ3n) is 3.93. The first-order chi connectivity index (χ1) is 9.25. The van der Waals surface area contributed by atoms with Crippen molar-refractivity contribution < 1.29 is 4.74 Å². The second-order valence-electron chi connectivity index (χ2n) is 5.86. The van der Waals surface area contributed by atoms with Crippen molar-refractivity contribution in [3.8, 4) is 5.75 Å². The van der Waals surface area contributed by atoms with Crippen molar-refractivity contribution in [1.82, 2.24) is 5.32 Å². The van der Waals surface area contributed by atoms with E-state index in [1.54, 1.807) is 0 Å². The molecule has 106 valence electrons. The lowest BCUT2D eigenvalue weighted by Crippen LogP contribution is -2.34. The lowest BCUT2D eigenvalue weighted by atomic mass is 9.96. The van der Waals surface area contributed by atoms with E-state index in [0.29, 0.717) is 5.92 Å². The van der Waals surface area contributed by atoms with Crippen LogP contribution in [0.5, 0.6) is 5.75 Å². The van der Waals surface area contributed by atoms with Crippen LogP contribution >= 0.6 is 0 Å². The van der Waals surface area contributed by atoms with Gasteiger partial charge in [0.25, 0.3) is 0 Å². The fraction of sp³-hybridized carbons (Fsp3) is 0.647. The van der Waals surface area contributed by atoms with E-state index in [9.17, 15) is 0 Å². The first-order valence-corrected chi connectivity index (χ1v) is 7.72. The monoisotopic (exact) mass is 261 g/mol. The van der Waals surface area contributed by atoms with Crippen molar-refractivity contribution in [2.75, 3.05) is 13.2 Å². The molecule has 0 aliphatic heterocycles. The van der Waals surface area contributed by atoms with E-state index in [1.165, 1.54) is 37.7 Å². The molecule has 1 aliphatic carbocycles. The summed E-state index contributed by atoms with van der Waals surface area (Å²) in [5, 5.41) is 3.60. The van der Waals surface area contributed by atoms with Crippen LogP contribution in [0, 0.1) is 0 Å². The van der Waals surface area contributed by atoms with Crippen LogP contribution in [0.4, 0.5) is 0 Å². The van der Waals surface area contributed by atoms with E-state index in [4.69, 9.17) is 4.74 Å². The van der Waals surface area contributed by atoms with Gasteiger partial charge in [0, 0.05) is 12.6 Å². The molecule has 1 saturated carbocycles. The first-order valence-electron chi connectivity index (χ1n) is 7.72. The predicted molar refractivity (Wildman–Crippen MR) is 80.9 cm³/mol. The van der Waals surface area contributed by atoms with Gasteiger partial charge in [-0.2, -0.15) is 0 Å². The third kappa shape index (κ3) is 4.87. The quantitative estimate of drug-likeness (QED) is 0.778. The maximum Gasteiger partial charge on any atom is 0.119 e. The van der Waals surface area contributed by atoms with Crippen LogP contribution in [-0.4, -0.2) is 19.2 Å². The molecule has 2 nitrogen and oxygen atoms in total. The van der Waals surface area contributed by atoms with Gasteiger partial charge >= 0.3 is 0 Å². The molecule has 1 fully saturated rings. The van der Waals surface area contributed by atoms with Crippen molar-refractivity contribution in [3.63, 3.8) is 0 Å². The molecule has 1 N–H and O–H groups in total. The number of nitrogens with one attached hydrogen (secondary N) is 1. The number of hydrogen-bond acceptors (Lipinski definition) is 2. The van der Waals surface area contributed by atoms with Crippen molar-refractivity contribution in [2.24, 2.45) is 0 Å². The molecule has 0 heterocycles. The predicted octanol–water partition coefficient (Wildman–Crippen LogP) is 4.11. The molecule has 19 heavy (non-hydrogen) atoms. The largest absolute Gasteiger partial charge is 0.492 e. The van der Waals surface area contributed by atoms with Crippen LogP contribution in [-0.2, 0) is 0 Å². The van der Waals surface area contributed by atoms with Crippen LogP contribution in [0.25, 0.3) is 0 Å². The van der Waals surface area contributed by atoms with Crippen LogP contribution < -0.4 is 10.1 Å². The van der Waals surface area contributed by atoms with Gasteiger partial charge in [-0.25, -0.2) is 0 Å². The highest BCUT2D eigenvalue weighted by molar-refractivity contribution is 5.30. The first kappa shape index (κ1) is 14.4. The zero-order valence-corrected chi connectivity index (χ0v) is 12.3. The van der Waals surface area contributed by atoms with Crippen LogP contribution in [0.15, 0.2) is 24.3 Å². The molecule has 0 saturated heterocycles. The Hall–Kier alpha value is -1.02. The topological polar surface area (TPSA) is 21.3 Å². The molecule has 0 bridgehead atoms. The Kier molecular flexibility index (Phi) is 5.71. The Morgan fingerprint density at radius 3 is 2.74 bits per heavy atom. The molecule has 1 aliphatic rings. The molecule has 0 amide bonds. The molecule has 1 aromatic rings. The Morgan fingerprint density at radius 2 is 2.00 bits per heavy atom. The van der Waals surface area contributed by atoms with Crippen molar-refractivity contribution in [1.29, 1.82) is 0 Å². The molecule has 0 aromatic heterocycles. The highest BCUT2D eigenvalue weighted by Crippen LogP contribution is 2.20. The van der Waals surface area contributed by atoms with Crippen LogP contribution in [0.3, 0.4) is 0 Å². The Morgan fingerprint density at radius 1 is 1.21 bits per heavy atom. The standard InChI is InChI=1S/C17H27NO/c1-14(2)15-7-6-10-17(13-15)19-12-11-18-16-8-4-3-5-9-16/h6-7,10,13-14,16,18H,3-5,8-9,11-12H2,1-2H3. The molecular formula is C17H27NO. The molecular weight excluding hydrogens is 234 g/mol.